The van der Waals surface area contributed by atoms with Crippen molar-refractivity contribution >= 4 is 68.2 Å². The number of likely N-dealkylation sites (tertiary alicyclic amines) is 2. The molecule has 0 aliphatic carbocycles. The first-order chi connectivity index (χ1) is 37.4. The lowest BCUT2D eigenvalue weighted by Crippen LogP contribution is -2.58. The number of nitrogens with zero attached hydrogens (tertiary/aromatic N) is 7. The van der Waals surface area contributed by atoms with Crippen molar-refractivity contribution in [3.05, 3.63) is 87.9 Å². The number of aliphatic hydroxyl groups excluding tert-OH is 1. The first-order valence-electron chi connectivity index (χ1n) is 27.3. The zero-order valence-electron chi connectivity index (χ0n) is 45.2. The molecule has 2 bridgehead atoms. The first-order valence-corrected chi connectivity index (χ1v) is 28.5. The van der Waals surface area contributed by atoms with Gasteiger partial charge in [-0.3, -0.25) is 24.3 Å². The molecule has 17 nitrogen and oxygen atoms in total. The minimum absolute atomic E-state index is 0.0224. The van der Waals surface area contributed by atoms with E-state index in [1.54, 1.807) is 23.8 Å². The number of nitrogens with one attached hydrogen (secondary N) is 3. The molecule has 0 spiro atoms. The number of piperazine rings is 1. The second-order valence-electron chi connectivity index (χ2n) is 22.6. The second kappa shape index (κ2) is 23.3. The summed E-state index contributed by atoms with van der Waals surface area (Å²) in [5.41, 5.74) is 5.31. The van der Waals surface area contributed by atoms with Crippen LogP contribution in [0, 0.1) is 24.1 Å². The number of benzene rings is 3. The summed E-state index contributed by atoms with van der Waals surface area (Å²) in [4.78, 5) is 67.0. The van der Waals surface area contributed by atoms with Gasteiger partial charge in [0, 0.05) is 67.0 Å². The third-order valence-electron chi connectivity index (χ3n) is 15.9. The average Bonchev–Trinajstić information content (AvgIpc) is 4.27. The Morgan fingerprint density at radius 2 is 1.76 bits per heavy atom. The number of phenols is 1. The van der Waals surface area contributed by atoms with Crippen LogP contribution >= 0.6 is 22.9 Å². The highest BCUT2D eigenvalue weighted by molar-refractivity contribution is 7.13. The summed E-state index contributed by atoms with van der Waals surface area (Å²) in [5, 5.41) is 33.8. The maximum atomic E-state index is 17.1. The quantitative estimate of drug-likeness (QED) is 0.0592. The Morgan fingerprint density at radius 1 is 0.987 bits per heavy atom. The number of amides is 3. The van der Waals surface area contributed by atoms with E-state index in [1.165, 1.54) is 16.2 Å². The van der Waals surface area contributed by atoms with Crippen molar-refractivity contribution in [3.8, 4) is 33.5 Å². The standard InChI is InChI=1S/C58H70ClFN10O7S/c1-7-35-9-8-10-37-21-40(71)23-43(48(35)37)50-49(60)51-44(25-61-50)54(69-26-38-12-13-39(27-69)64-38)67-57(66-51)77-20-19-68-17-15-34(16-18-68)29-76-30-47(73)65-53(58(4,5)6)56(75)70-28-41(72)24-46(70)55(74)63-32(2)36-11-14-42(45(59)22-36)52-33(3)62-31-78-52/h8-11,14,21-23,25,31-32,34,38-39,41,46,53,64,71-72H,7,12-13,15-20,24,26-30H2,1-6H3,(H,63,74)(H,65,73)/t32?,38-,39+,41-,46+,53?/m1/s1. The lowest BCUT2D eigenvalue weighted by atomic mass is 9.85. The van der Waals surface area contributed by atoms with Crippen LogP contribution in [0.2, 0.25) is 5.02 Å². The van der Waals surface area contributed by atoms with Gasteiger partial charge in [-0.2, -0.15) is 9.97 Å². The normalized spacial score (nSPS) is 20.8. The zero-order valence-corrected chi connectivity index (χ0v) is 46.7. The van der Waals surface area contributed by atoms with Crippen LogP contribution in [0.4, 0.5) is 10.2 Å². The smallest absolute Gasteiger partial charge is 0.319 e. The maximum Gasteiger partial charge on any atom is 0.319 e. The maximum absolute atomic E-state index is 17.1. The molecule has 4 saturated heterocycles. The average molecular weight is 1110 g/mol. The third-order valence-corrected chi connectivity index (χ3v) is 17.2. The summed E-state index contributed by atoms with van der Waals surface area (Å²) in [6, 6.07) is 13.1. The number of piperidine rings is 1. The Hall–Kier alpha value is -6.09. The number of aromatic nitrogens is 4. The van der Waals surface area contributed by atoms with Crippen molar-refractivity contribution in [2.24, 2.45) is 11.3 Å². The Kier molecular flexibility index (Phi) is 16.5. The number of pyridine rings is 1. The molecule has 4 aliphatic rings. The van der Waals surface area contributed by atoms with Gasteiger partial charge in [-0.25, -0.2) is 9.37 Å². The van der Waals surface area contributed by atoms with Crippen LogP contribution in [0.15, 0.2) is 60.2 Å². The number of carbonyl (C=O) groups is 3. The largest absolute Gasteiger partial charge is 0.508 e. The number of aryl methyl sites for hydroxylation is 2. The van der Waals surface area contributed by atoms with Gasteiger partial charge >= 0.3 is 6.01 Å². The van der Waals surface area contributed by atoms with Crippen LogP contribution in [0.25, 0.3) is 43.4 Å². The summed E-state index contributed by atoms with van der Waals surface area (Å²) >= 11 is 8.20. The fraction of sp³-hybridized carbons (Fsp3) is 0.500. The number of β-amino-alcohol motifs (C(OH)–C–C–N with tert-alkyl or cyclic N) is 1. The van der Waals surface area contributed by atoms with Crippen molar-refractivity contribution in [2.45, 2.75) is 116 Å². The van der Waals surface area contributed by atoms with Crippen molar-refractivity contribution < 1.29 is 38.5 Å². The Morgan fingerprint density at radius 3 is 2.46 bits per heavy atom. The van der Waals surface area contributed by atoms with Crippen LogP contribution in [0.5, 0.6) is 11.8 Å². The van der Waals surface area contributed by atoms with E-state index in [0.29, 0.717) is 47.0 Å². The SMILES string of the molecule is CCc1cccc2cc(O)cc(-c3ncc4c(N5C[C@H]6CC[C@@H](C5)N6)nc(OCCN5CCC(COCC(=O)NC(C(=O)N6C[C@H](O)C[C@H]6C(=O)NC(C)c6ccc(-c7scnc7C)c(Cl)c6)C(C)(C)C)CC5)nc4c3F)c12. The highest BCUT2D eigenvalue weighted by Gasteiger charge is 2.45. The van der Waals surface area contributed by atoms with Gasteiger partial charge in [0.25, 0.3) is 0 Å². The third kappa shape index (κ3) is 11.9. The molecule has 4 aliphatic heterocycles. The van der Waals surface area contributed by atoms with Crippen molar-refractivity contribution in [1.82, 2.24) is 45.7 Å². The topological polar surface area (TPSA) is 208 Å². The van der Waals surface area contributed by atoms with E-state index < -0.39 is 53.2 Å². The molecule has 78 heavy (non-hydrogen) atoms. The molecule has 3 aromatic carbocycles. The Labute approximate surface area is 463 Å². The van der Waals surface area contributed by atoms with E-state index >= 15 is 4.39 Å². The summed E-state index contributed by atoms with van der Waals surface area (Å²) in [5.74, 6) is -1.09. The molecule has 6 aromatic rings. The molecule has 7 heterocycles. The number of rotatable bonds is 17. The predicted octanol–water partition coefficient (Wildman–Crippen LogP) is 7.76. The molecule has 0 radical (unpaired) electrons. The van der Waals surface area contributed by atoms with Gasteiger partial charge < -0.3 is 45.4 Å². The van der Waals surface area contributed by atoms with Gasteiger partial charge in [0.05, 0.1) is 40.2 Å². The fourth-order valence-electron chi connectivity index (χ4n) is 11.7. The van der Waals surface area contributed by atoms with E-state index in [2.05, 4.69) is 40.7 Å². The molecule has 20 heteroatoms. The number of anilines is 1. The number of fused-ring (bicyclic) bond motifs is 4. The van der Waals surface area contributed by atoms with Gasteiger partial charge in [0.2, 0.25) is 17.7 Å². The van der Waals surface area contributed by atoms with Gasteiger partial charge in [-0.05, 0) is 110 Å². The molecule has 3 aromatic heterocycles. The Balaban J connectivity index is 0.723. The predicted molar refractivity (Wildman–Crippen MR) is 300 cm³/mol. The first kappa shape index (κ1) is 55.2. The number of phenolic OH excluding ortho intramolecular Hbond substituents is 1. The molecule has 6 atom stereocenters. The highest BCUT2D eigenvalue weighted by atomic mass is 35.5. The van der Waals surface area contributed by atoms with Gasteiger partial charge in [-0.1, -0.05) is 69.6 Å². The van der Waals surface area contributed by atoms with E-state index in [-0.39, 0.29) is 55.1 Å². The number of hydrogen-bond donors (Lipinski definition) is 5. The van der Waals surface area contributed by atoms with E-state index in [1.807, 2.05) is 77.9 Å². The summed E-state index contributed by atoms with van der Waals surface area (Å²) in [6.07, 6.45) is 5.32. The second-order valence-corrected chi connectivity index (χ2v) is 23.8. The summed E-state index contributed by atoms with van der Waals surface area (Å²) < 4.78 is 29.3. The number of aromatic hydroxyl groups is 1. The lowest BCUT2D eigenvalue weighted by Gasteiger charge is -2.35. The number of hydrogen-bond acceptors (Lipinski definition) is 15. The van der Waals surface area contributed by atoms with Crippen molar-refractivity contribution in [3.63, 3.8) is 0 Å². The molecule has 0 saturated carbocycles. The number of aliphatic hydroxyl groups is 1. The Bertz CT molecular complexity index is 3190. The summed E-state index contributed by atoms with van der Waals surface area (Å²) in [7, 11) is 0. The highest BCUT2D eigenvalue weighted by Crippen LogP contribution is 2.40. The molecule has 4 fully saturated rings. The van der Waals surface area contributed by atoms with Gasteiger partial charge in [-0.15, -0.1) is 11.3 Å². The van der Waals surface area contributed by atoms with Crippen LogP contribution in [-0.4, -0.2) is 147 Å². The van der Waals surface area contributed by atoms with E-state index in [0.717, 1.165) is 96.3 Å². The zero-order chi connectivity index (χ0) is 55.0. The molecule has 414 valence electrons. The van der Waals surface area contributed by atoms with Gasteiger partial charge in [0.15, 0.2) is 5.82 Å². The van der Waals surface area contributed by atoms with E-state index in [4.69, 9.17) is 26.1 Å². The van der Waals surface area contributed by atoms with Crippen molar-refractivity contribution in [1.29, 1.82) is 0 Å². The van der Waals surface area contributed by atoms with Crippen LogP contribution in [0.1, 0.15) is 89.6 Å². The monoisotopic (exact) mass is 1100 g/mol. The molecule has 3 amide bonds. The number of carbonyl (C=O) groups excluding carboxylic acids is 3. The number of halogens is 2. The summed E-state index contributed by atoms with van der Waals surface area (Å²) in [6.45, 7) is 15.3. The number of thiazole rings is 1. The van der Waals surface area contributed by atoms with E-state index in [9.17, 15) is 24.6 Å². The van der Waals surface area contributed by atoms with Gasteiger partial charge in [0.1, 0.15) is 48.1 Å². The van der Waals surface area contributed by atoms with Crippen LogP contribution < -0.4 is 25.6 Å². The molecule has 5 N–H and O–H groups in total. The van der Waals surface area contributed by atoms with Crippen LogP contribution in [0.3, 0.4) is 0 Å². The molecular weight excluding hydrogens is 1040 g/mol. The lowest BCUT2D eigenvalue weighted by molar-refractivity contribution is -0.144. The molecule has 2 unspecified atom stereocenters. The minimum Gasteiger partial charge on any atom is -0.508 e. The van der Waals surface area contributed by atoms with Crippen molar-refractivity contribution in [2.75, 3.05) is 64.0 Å². The molecular formula is C58H70ClFN10O7S. The molecule has 10 rings (SSSR count). The number of ether oxygens (including phenoxy) is 2. The minimum atomic E-state index is -0.990. The fourth-order valence-corrected chi connectivity index (χ4v) is 12.9. The van der Waals surface area contributed by atoms with Crippen LogP contribution in [-0.2, 0) is 25.5 Å².